The Bertz CT molecular complexity index is 990. The van der Waals surface area contributed by atoms with Crippen LogP contribution < -0.4 is 10.2 Å². The maximum absolute atomic E-state index is 12.7. The molecule has 32 heavy (non-hydrogen) atoms. The standard InChI is InChI=1S/C24H29N5O2S/c1-19(22(30)25-13-12-20-8-4-2-5-9-20)32-24-27-26-23(28-14-16-31-17-15-28)29(24)18-21-10-6-3-7-11-21/h2-11,19H,12-18H2,1H3,(H,25,30). The van der Waals surface area contributed by atoms with E-state index in [2.05, 4.69) is 49.2 Å². The summed E-state index contributed by atoms with van der Waals surface area (Å²) in [7, 11) is 0. The summed E-state index contributed by atoms with van der Waals surface area (Å²) in [5, 5.41) is 12.5. The quantitative estimate of drug-likeness (QED) is 0.504. The van der Waals surface area contributed by atoms with Gasteiger partial charge in [0.1, 0.15) is 0 Å². The van der Waals surface area contributed by atoms with Gasteiger partial charge in [0.25, 0.3) is 0 Å². The minimum absolute atomic E-state index is 0.00751. The lowest BCUT2D eigenvalue weighted by molar-refractivity contribution is -0.120. The first-order chi connectivity index (χ1) is 15.7. The lowest BCUT2D eigenvalue weighted by Crippen LogP contribution is -2.38. The predicted octanol–water partition coefficient (Wildman–Crippen LogP) is 3.00. The molecule has 2 heterocycles. The van der Waals surface area contributed by atoms with Crippen LogP contribution in [0.4, 0.5) is 5.95 Å². The van der Waals surface area contributed by atoms with Crippen LogP contribution in [0.3, 0.4) is 0 Å². The second-order valence-electron chi connectivity index (χ2n) is 7.74. The van der Waals surface area contributed by atoms with Crippen molar-refractivity contribution in [1.82, 2.24) is 20.1 Å². The van der Waals surface area contributed by atoms with E-state index < -0.39 is 0 Å². The van der Waals surface area contributed by atoms with Gasteiger partial charge in [-0.15, -0.1) is 10.2 Å². The van der Waals surface area contributed by atoms with E-state index in [1.54, 1.807) is 0 Å². The molecular formula is C24H29N5O2S. The summed E-state index contributed by atoms with van der Waals surface area (Å²) in [5.74, 6) is 0.837. The summed E-state index contributed by atoms with van der Waals surface area (Å²) in [6.45, 7) is 6.12. The van der Waals surface area contributed by atoms with Gasteiger partial charge in [-0.1, -0.05) is 72.4 Å². The van der Waals surface area contributed by atoms with Crippen LogP contribution in [-0.2, 0) is 22.5 Å². The molecule has 0 aliphatic carbocycles. The van der Waals surface area contributed by atoms with Gasteiger partial charge in [0, 0.05) is 19.6 Å². The number of carbonyl (C=O) groups is 1. The number of hydrogen-bond donors (Lipinski definition) is 1. The highest BCUT2D eigenvalue weighted by atomic mass is 32.2. The molecular weight excluding hydrogens is 422 g/mol. The average molecular weight is 452 g/mol. The number of anilines is 1. The van der Waals surface area contributed by atoms with Gasteiger partial charge in [0.15, 0.2) is 5.16 Å². The van der Waals surface area contributed by atoms with Crippen molar-refractivity contribution in [2.24, 2.45) is 0 Å². The van der Waals surface area contributed by atoms with Crippen molar-refractivity contribution in [1.29, 1.82) is 0 Å². The summed E-state index contributed by atoms with van der Waals surface area (Å²) < 4.78 is 7.60. The molecule has 1 atom stereocenters. The minimum atomic E-state index is -0.276. The fourth-order valence-corrected chi connectivity index (χ4v) is 4.47. The molecule has 4 rings (SSSR count). The molecule has 1 amide bonds. The van der Waals surface area contributed by atoms with E-state index in [9.17, 15) is 4.79 Å². The van der Waals surface area contributed by atoms with E-state index in [1.807, 2.05) is 43.3 Å². The number of rotatable bonds is 9. The second kappa shape index (κ2) is 11.2. The molecule has 1 aliphatic rings. The molecule has 1 N–H and O–H groups in total. The SMILES string of the molecule is CC(Sc1nnc(N2CCOCC2)n1Cc1ccccc1)C(=O)NCCc1ccccc1. The zero-order valence-electron chi connectivity index (χ0n) is 18.3. The molecule has 1 unspecified atom stereocenters. The molecule has 168 valence electrons. The number of hydrogen-bond acceptors (Lipinski definition) is 6. The molecule has 2 aromatic carbocycles. The number of benzene rings is 2. The minimum Gasteiger partial charge on any atom is -0.378 e. The fourth-order valence-electron chi connectivity index (χ4n) is 3.60. The van der Waals surface area contributed by atoms with Crippen LogP contribution in [0.1, 0.15) is 18.1 Å². The first-order valence-corrected chi connectivity index (χ1v) is 11.9. The third-order valence-electron chi connectivity index (χ3n) is 5.38. The molecule has 1 saturated heterocycles. The Labute approximate surface area is 193 Å². The molecule has 1 aromatic heterocycles. The van der Waals surface area contributed by atoms with Gasteiger partial charge in [-0.05, 0) is 24.5 Å². The Balaban J connectivity index is 1.43. The van der Waals surface area contributed by atoms with Crippen LogP contribution in [0.25, 0.3) is 0 Å². The van der Waals surface area contributed by atoms with Gasteiger partial charge >= 0.3 is 0 Å². The Morgan fingerprint density at radius 3 is 2.38 bits per heavy atom. The van der Waals surface area contributed by atoms with Gasteiger partial charge < -0.3 is 15.0 Å². The normalized spacial score (nSPS) is 14.8. The first-order valence-electron chi connectivity index (χ1n) is 11.0. The van der Waals surface area contributed by atoms with Crippen molar-refractivity contribution in [3.05, 3.63) is 71.8 Å². The van der Waals surface area contributed by atoms with Crippen molar-refractivity contribution in [3.8, 4) is 0 Å². The highest BCUT2D eigenvalue weighted by Gasteiger charge is 2.24. The van der Waals surface area contributed by atoms with Crippen LogP contribution in [0.2, 0.25) is 0 Å². The van der Waals surface area contributed by atoms with Gasteiger partial charge in [-0.3, -0.25) is 9.36 Å². The maximum atomic E-state index is 12.7. The number of thioether (sulfide) groups is 1. The molecule has 1 fully saturated rings. The van der Waals surface area contributed by atoms with Crippen molar-refractivity contribution >= 4 is 23.6 Å². The zero-order valence-corrected chi connectivity index (χ0v) is 19.1. The molecule has 1 aliphatic heterocycles. The number of ether oxygens (including phenoxy) is 1. The third kappa shape index (κ3) is 5.89. The van der Waals surface area contributed by atoms with Crippen LogP contribution in [-0.4, -0.2) is 58.8 Å². The summed E-state index contributed by atoms with van der Waals surface area (Å²) in [6, 6.07) is 20.4. The van der Waals surface area contributed by atoms with E-state index in [-0.39, 0.29) is 11.2 Å². The number of nitrogens with zero attached hydrogens (tertiary/aromatic N) is 4. The topological polar surface area (TPSA) is 72.3 Å². The monoisotopic (exact) mass is 451 g/mol. The first kappa shape index (κ1) is 22.4. The number of nitrogens with one attached hydrogen (secondary N) is 1. The maximum Gasteiger partial charge on any atom is 0.233 e. The smallest absolute Gasteiger partial charge is 0.233 e. The summed E-state index contributed by atoms with van der Waals surface area (Å²) >= 11 is 1.45. The van der Waals surface area contributed by atoms with Crippen molar-refractivity contribution in [3.63, 3.8) is 0 Å². The summed E-state index contributed by atoms with van der Waals surface area (Å²) in [6.07, 6.45) is 0.815. The molecule has 0 saturated carbocycles. The molecule has 0 radical (unpaired) electrons. The zero-order chi connectivity index (χ0) is 22.2. The third-order valence-corrected chi connectivity index (χ3v) is 6.46. The predicted molar refractivity (Wildman–Crippen MR) is 127 cm³/mol. The van der Waals surface area contributed by atoms with Crippen LogP contribution >= 0.6 is 11.8 Å². The molecule has 3 aromatic rings. The average Bonchev–Trinajstić information content (AvgIpc) is 3.22. The van der Waals surface area contributed by atoms with Crippen molar-refractivity contribution in [2.75, 3.05) is 37.7 Å². The van der Waals surface area contributed by atoms with E-state index >= 15 is 0 Å². The van der Waals surface area contributed by atoms with Gasteiger partial charge in [-0.25, -0.2) is 0 Å². The van der Waals surface area contributed by atoms with Gasteiger partial charge in [-0.2, -0.15) is 0 Å². The molecule has 7 nitrogen and oxygen atoms in total. The second-order valence-corrected chi connectivity index (χ2v) is 9.05. The summed E-state index contributed by atoms with van der Waals surface area (Å²) in [5.41, 5.74) is 2.38. The Hall–Kier alpha value is -2.84. The molecule has 0 bridgehead atoms. The number of carbonyl (C=O) groups excluding carboxylic acids is 1. The lowest BCUT2D eigenvalue weighted by Gasteiger charge is -2.28. The van der Waals surface area contributed by atoms with E-state index in [0.29, 0.717) is 26.3 Å². The van der Waals surface area contributed by atoms with E-state index in [0.717, 1.165) is 30.6 Å². The number of aromatic nitrogens is 3. The van der Waals surface area contributed by atoms with Crippen LogP contribution in [0.15, 0.2) is 65.8 Å². The van der Waals surface area contributed by atoms with Crippen molar-refractivity contribution in [2.45, 2.75) is 30.3 Å². The highest BCUT2D eigenvalue weighted by molar-refractivity contribution is 8.00. The van der Waals surface area contributed by atoms with Gasteiger partial charge in [0.2, 0.25) is 11.9 Å². The fraction of sp³-hybridized carbons (Fsp3) is 0.375. The largest absolute Gasteiger partial charge is 0.378 e. The summed E-state index contributed by atoms with van der Waals surface area (Å²) in [4.78, 5) is 14.9. The van der Waals surface area contributed by atoms with Crippen molar-refractivity contribution < 1.29 is 9.53 Å². The Morgan fingerprint density at radius 1 is 1.03 bits per heavy atom. The molecule has 0 spiro atoms. The number of morpholine rings is 1. The highest BCUT2D eigenvalue weighted by Crippen LogP contribution is 2.27. The van der Waals surface area contributed by atoms with Crippen LogP contribution in [0.5, 0.6) is 0 Å². The number of amides is 1. The molecule has 8 heteroatoms. The van der Waals surface area contributed by atoms with E-state index in [4.69, 9.17) is 4.74 Å². The Morgan fingerprint density at radius 2 is 1.69 bits per heavy atom. The van der Waals surface area contributed by atoms with E-state index in [1.165, 1.54) is 22.9 Å². The Kier molecular flexibility index (Phi) is 7.79. The van der Waals surface area contributed by atoms with Crippen LogP contribution in [0, 0.1) is 0 Å². The van der Waals surface area contributed by atoms with Gasteiger partial charge in [0.05, 0.1) is 25.0 Å². The lowest BCUT2D eigenvalue weighted by atomic mass is 10.1.